The van der Waals surface area contributed by atoms with Crippen molar-refractivity contribution in [1.82, 2.24) is 5.32 Å². The van der Waals surface area contributed by atoms with Gasteiger partial charge < -0.3 is 5.32 Å². The summed E-state index contributed by atoms with van der Waals surface area (Å²) in [6.07, 6.45) is -10.2. The normalized spacial score (nSPS) is 14.8. The first kappa shape index (κ1) is 32.4. The van der Waals surface area contributed by atoms with E-state index in [9.17, 15) is 43.9 Å². The molecule has 0 saturated heterocycles. The van der Waals surface area contributed by atoms with E-state index in [0.29, 0.717) is 12.1 Å². The van der Waals surface area contributed by atoms with Gasteiger partial charge in [0.1, 0.15) is 11.7 Å². The summed E-state index contributed by atoms with van der Waals surface area (Å²) in [5.41, 5.74) is -4.03. The molecule has 2 rings (SSSR count). The topological polar surface area (TPSA) is 63.2 Å². The predicted molar refractivity (Wildman–Crippen MR) is 135 cm³/mol. The zero-order valence-electron chi connectivity index (χ0n) is 19.4. The molecule has 1 N–H and O–H groups in total. The number of hydrogen-bond acceptors (Lipinski definition) is 3. The SMILES string of the molecule is CCS(=O)(=O)C[C@@H](C)NC(=O)c1ccc(/C(F)=C/C(c2cc(Cl)c(Br)c(Cl)c2)C(F)(F)F)cc1C(F)(F)F. The van der Waals surface area contributed by atoms with Gasteiger partial charge in [-0.2, -0.15) is 26.3 Å². The zero-order chi connectivity index (χ0) is 29.2. The third kappa shape index (κ3) is 8.33. The summed E-state index contributed by atoms with van der Waals surface area (Å²) in [4.78, 5) is 12.5. The Kier molecular flexibility index (Phi) is 10.3. The lowest BCUT2D eigenvalue weighted by molar-refractivity contribution is -0.140. The molecular formula is C23H19BrCl2F7NO3S. The Morgan fingerprint density at radius 3 is 2.11 bits per heavy atom. The van der Waals surface area contributed by atoms with E-state index in [-0.39, 0.29) is 32.4 Å². The van der Waals surface area contributed by atoms with Crippen LogP contribution in [0.4, 0.5) is 30.7 Å². The first-order valence-corrected chi connectivity index (χ1v) is 13.9. The van der Waals surface area contributed by atoms with E-state index in [1.165, 1.54) is 13.8 Å². The van der Waals surface area contributed by atoms with E-state index in [1.54, 1.807) is 0 Å². The van der Waals surface area contributed by atoms with Crippen LogP contribution in [0.1, 0.15) is 46.8 Å². The number of rotatable bonds is 8. The molecule has 4 nitrogen and oxygen atoms in total. The highest BCUT2D eigenvalue weighted by molar-refractivity contribution is 9.10. The fourth-order valence-electron chi connectivity index (χ4n) is 3.34. The van der Waals surface area contributed by atoms with E-state index < -0.39 is 73.9 Å². The summed E-state index contributed by atoms with van der Waals surface area (Å²) >= 11 is 14.7. The third-order valence-corrected chi connectivity index (χ3v) is 8.99. The second-order valence-corrected chi connectivity index (χ2v) is 12.2. The van der Waals surface area contributed by atoms with Gasteiger partial charge in [0.2, 0.25) is 0 Å². The Balaban J connectivity index is 2.52. The van der Waals surface area contributed by atoms with Crippen LogP contribution >= 0.6 is 39.1 Å². The average molecular weight is 673 g/mol. The molecule has 0 aliphatic carbocycles. The molecular weight excluding hydrogens is 654 g/mol. The molecule has 2 aromatic rings. The van der Waals surface area contributed by atoms with Crippen LogP contribution in [0.2, 0.25) is 10.0 Å². The Morgan fingerprint density at radius 1 is 1.08 bits per heavy atom. The molecule has 2 atom stereocenters. The van der Waals surface area contributed by atoms with Gasteiger partial charge in [-0.3, -0.25) is 4.79 Å². The standard InChI is InChI=1S/C23H19BrCl2F7NO3S/c1-3-38(36,37)10-11(2)34-21(35)14-5-4-12(6-16(14)23(31,32)33)19(27)9-15(22(28,29)30)13-7-17(25)20(24)18(26)8-13/h4-9,11,15H,3,10H2,1-2H3,(H,34,35)/b19-9-/t11-,15?/m1/s1. The molecule has 1 unspecified atom stereocenters. The molecule has 0 aromatic heterocycles. The molecule has 38 heavy (non-hydrogen) atoms. The van der Waals surface area contributed by atoms with Gasteiger partial charge in [0.15, 0.2) is 9.84 Å². The molecule has 210 valence electrons. The Hall–Kier alpha value is -1.83. The molecule has 1 amide bonds. The highest BCUT2D eigenvalue weighted by Gasteiger charge is 2.41. The van der Waals surface area contributed by atoms with Crippen LogP contribution < -0.4 is 5.32 Å². The van der Waals surface area contributed by atoms with Crippen LogP contribution in [0.25, 0.3) is 5.83 Å². The average Bonchev–Trinajstić information content (AvgIpc) is 2.78. The largest absolute Gasteiger partial charge is 0.417 e. The van der Waals surface area contributed by atoms with Crippen LogP contribution in [0.3, 0.4) is 0 Å². The predicted octanol–water partition coefficient (Wildman–Crippen LogP) is 7.98. The fraction of sp³-hybridized carbons (Fsp3) is 0.348. The Morgan fingerprint density at radius 2 is 1.63 bits per heavy atom. The first-order valence-electron chi connectivity index (χ1n) is 10.6. The molecule has 0 spiro atoms. The van der Waals surface area contributed by atoms with E-state index in [4.69, 9.17) is 23.2 Å². The maximum absolute atomic E-state index is 15.0. The number of carbonyl (C=O) groups excluding carboxylic acids is 1. The van der Waals surface area contributed by atoms with Gasteiger partial charge in [-0.1, -0.05) is 36.2 Å². The number of nitrogens with one attached hydrogen (secondary N) is 1. The fourth-order valence-corrected chi connectivity index (χ4v) is 5.16. The van der Waals surface area contributed by atoms with Crippen molar-refractivity contribution in [1.29, 1.82) is 0 Å². The summed E-state index contributed by atoms with van der Waals surface area (Å²) in [7, 11) is -3.56. The second kappa shape index (κ2) is 12.1. The van der Waals surface area contributed by atoms with Gasteiger partial charge in [0.05, 0.1) is 31.4 Å². The molecule has 0 bridgehead atoms. The van der Waals surface area contributed by atoms with Crippen molar-refractivity contribution < 1.29 is 43.9 Å². The van der Waals surface area contributed by atoms with Gasteiger partial charge in [-0.05, 0) is 58.8 Å². The smallest absolute Gasteiger partial charge is 0.349 e. The van der Waals surface area contributed by atoms with Crippen LogP contribution in [-0.2, 0) is 16.0 Å². The summed E-state index contributed by atoms with van der Waals surface area (Å²) in [6, 6.07) is 2.21. The molecule has 0 aliphatic rings. The number of carbonyl (C=O) groups is 1. The van der Waals surface area contributed by atoms with E-state index in [2.05, 4.69) is 21.2 Å². The molecule has 0 fully saturated rings. The number of halogens is 10. The van der Waals surface area contributed by atoms with Crippen molar-refractivity contribution >= 4 is 60.7 Å². The van der Waals surface area contributed by atoms with Crippen LogP contribution in [0, 0.1) is 0 Å². The van der Waals surface area contributed by atoms with E-state index in [0.717, 1.165) is 12.1 Å². The van der Waals surface area contributed by atoms with Crippen molar-refractivity contribution in [2.45, 2.75) is 38.2 Å². The maximum atomic E-state index is 15.0. The molecule has 0 heterocycles. The summed E-state index contributed by atoms with van der Waals surface area (Å²) in [6.45, 7) is 2.63. The number of hydrogen-bond donors (Lipinski definition) is 1. The number of allylic oxidation sites excluding steroid dienone is 1. The molecule has 2 aromatic carbocycles. The second-order valence-electron chi connectivity index (χ2n) is 8.16. The summed E-state index contributed by atoms with van der Waals surface area (Å²) < 4.78 is 121. The lowest BCUT2D eigenvalue weighted by atomic mass is 9.95. The number of benzene rings is 2. The van der Waals surface area contributed by atoms with Crippen molar-refractivity contribution in [2.75, 3.05) is 11.5 Å². The molecule has 0 aliphatic heterocycles. The van der Waals surface area contributed by atoms with Crippen molar-refractivity contribution in [2.24, 2.45) is 0 Å². The Bertz CT molecular complexity index is 1320. The highest BCUT2D eigenvalue weighted by Crippen LogP contribution is 2.43. The quantitative estimate of drug-likeness (QED) is 0.229. The number of alkyl halides is 6. The van der Waals surface area contributed by atoms with Gasteiger partial charge in [0, 0.05) is 17.4 Å². The lowest BCUT2D eigenvalue weighted by Crippen LogP contribution is -2.38. The minimum atomic E-state index is -5.20. The lowest BCUT2D eigenvalue weighted by Gasteiger charge is -2.20. The summed E-state index contributed by atoms with van der Waals surface area (Å²) in [5.74, 6) is -6.35. The van der Waals surface area contributed by atoms with Gasteiger partial charge in [-0.15, -0.1) is 0 Å². The van der Waals surface area contributed by atoms with Gasteiger partial charge in [-0.25, -0.2) is 12.8 Å². The zero-order valence-corrected chi connectivity index (χ0v) is 23.4. The highest BCUT2D eigenvalue weighted by atomic mass is 79.9. The van der Waals surface area contributed by atoms with Crippen LogP contribution in [-0.4, -0.2) is 38.0 Å². The monoisotopic (exact) mass is 671 g/mol. The van der Waals surface area contributed by atoms with Crippen molar-refractivity contribution in [3.8, 4) is 0 Å². The minimum absolute atomic E-state index is 0.0722. The van der Waals surface area contributed by atoms with Crippen molar-refractivity contribution in [3.05, 3.63) is 73.2 Å². The van der Waals surface area contributed by atoms with Gasteiger partial charge >= 0.3 is 12.4 Å². The summed E-state index contributed by atoms with van der Waals surface area (Å²) in [5, 5.41) is 1.73. The van der Waals surface area contributed by atoms with E-state index >= 15 is 0 Å². The van der Waals surface area contributed by atoms with Gasteiger partial charge in [0.25, 0.3) is 5.91 Å². The molecule has 0 saturated carbocycles. The minimum Gasteiger partial charge on any atom is -0.349 e. The first-order chi connectivity index (χ1) is 17.3. The van der Waals surface area contributed by atoms with Crippen LogP contribution in [0.5, 0.6) is 0 Å². The Labute approximate surface area is 232 Å². The maximum Gasteiger partial charge on any atom is 0.417 e. The number of sulfone groups is 1. The molecule has 15 heteroatoms. The van der Waals surface area contributed by atoms with E-state index in [1.807, 2.05) is 0 Å². The molecule has 0 radical (unpaired) electrons. The number of amides is 1. The van der Waals surface area contributed by atoms with Crippen LogP contribution in [0.15, 0.2) is 40.9 Å². The third-order valence-electron chi connectivity index (χ3n) is 5.20. The van der Waals surface area contributed by atoms with Crippen molar-refractivity contribution in [3.63, 3.8) is 0 Å².